The number of pyridine rings is 1. The molecule has 2 amide bonds. The largest absolute Gasteiger partial charge is 0.477 e. The van der Waals surface area contributed by atoms with Gasteiger partial charge in [-0.25, -0.2) is 4.79 Å². The number of hydrogen-bond acceptors (Lipinski definition) is 4. The summed E-state index contributed by atoms with van der Waals surface area (Å²) < 4.78 is 0. The molecule has 8 heteroatoms. The second kappa shape index (κ2) is 9.41. The summed E-state index contributed by atoms with van der Waals surface area (Å²) in [6.07, 6.45) is 1.13. The van der Waals surface area contributed by atoms with Crippen LogP contribution in [-0.4, -0.2) is 33.9 Å². The number of amides is 2. The molecule has 0 aliphatic carbocycles. The van der Waals surface area contributed by atoms with Crippen molar-refractivity contribution >= 4 is 34.4 Å². The van der Waals surface area contributed by atoms with E-state index in [1.807, 2.05) is 42.5 Å². The highest BCUT2D eigenvalue weighted by Gasteiger charge is 2.18. The van der Waals surface area contributed by atoms with Crippen molar-refractivity contribution in [3.8, 4) is 11.1 Å². The van der Waals surface area contributed by atoms with E-state index in [2.05, 4.69) is 15.6 Å². The number of aromatic amines is 1. The fraction of sp³-hybridized carbons (Fsp3) is 0.0769. The molecule has 1 heterocycles. The zero-order chi connectivity index (χ0) is 24.2. The Labute approximate surface area is 194 Å². The molecule has 1 aromatic heterocycles. The lowest BCUT2D eigenvalue weighted by Gasteiger charge is -2.15. The van der Waals surface area contributed by atoms with Gasteiger partial charge in [-0.1, -0.05) is 42.5 Å². The molecule has 0 spiro atoms. The van der Waals surface area contributed by atoms with E-state index < -0.39 is 34.8 Å². The second-order valence-corrected chi connectivity index (χ2v) is 7.72. The summed E-state index contributed by atoms with van der Waals surface area (Å²) in [5.74, 6) is -2.23. The van der Waals surface area contributed by atoms with Crippen molar-refractivity contribution in [1.82, 2.24) is 10.3 Å². The summed E-state index contributed by atoms with van der Waals surface area (Å²) in [6.45, 7) is 1.54. The number of hydrogen-bond donors (Lipinski definition) is 4. The minimum absolute atomic E-state index is 0.132. The van der Waals surface area contributed by atoms with E-state index in [0.717, 1.165) is 17.3 Å². The summed E-state index contributed by atoms with van der Waals surface area (Å²) in [5, 5.41) is 14.6. The third-order valence-electron chi connectivity index (χ3n) is 5.37. The quantitative estimate of drug-likeness (QED) is 0.353. The predicted molar refractivity (Wildman–Crippen MR) is 129 cm³/mol. The number of carbonyl (C=O) groups is 3. The molecule has 1 unspecified atom stereocenters. The molecule has 0 aliphatic rings. The van der Waals surface area contributed by atoms with Gasteiger partial charge in [0.2, 0.25) is 11.3 Å². The number of rotatable bonds is 6. The molecule has 0 saturated heterocycles. The van der Waals surface area contributed by atoms with Crippen LogP contribution in [0, 0.1) is 0 Å². The highest BCUT2D eigenvalue weighted by Crippen LogP contribution is 2.19. The van der Waals surface area contributed by atoms with Gasteiger partial charge in [0.15, 0.2) is 0 Å². The lowest BCUT2D eigenvalue weighted by molar-refractivity contribution is -0.117. The first-order valence-corrected chi connectivity index (χ1v) is 10.5. The number of carbonyl (C=O) groups excluding carboxylic acids is 2. The summed E-state index contributed by atoms with van der Waals surface area (Å²) in [4.78, 5) is 51.5. The zero-order valence-electron chi connectivity index (χ0n) is 18.2. The van der Waals surface area contributed by atoms with Crippen molar-refractivity contribution < 1.29 is 19.5 Å². The average molecular weight is 455 g/mol. The Kier molecular flexibility index (Phi) is 6.22. The lowest BCUT2D eigenvalue weighted by Crippen LogP contribution is -2.41. The maximum atomic E-state index is 12.6. The van der Waals surface area contributed by atoms with Crippen LogP contribution in [0.3, 0.4) is 0 Å². The summed E-state index contributed by atoms with van der Waals surface area (Å²) in [7, 11) is 0. The van der Waals surface area contributed by atoms with E-state index in [9.17, 15) is 19.2 Å². The number of aromatic carboxylic acids is 1. The molecule has 0 saturated carbocycles. The Morgan fingerprint density at radius 2 is 1.59 bits per heavy atom. The number of H-pyrrole nitrogens is 1. The maximum Gasteiger partial charge on any atom is 0.341 e. The number of nitrogens with one attached hydrogen (secondary N) is 3. The first kappa shape index (κ1) is 22.5. The van der Waals surface area contributed by atoms with E-state index in [0.29, 0.717) is 16.8 Å². The van der Waals surface area contributed by atoms with Crippen LogP contribution in [0.2, 0.25) is 0 Å². The number of carboxylic acid groups (broad SMARTS) is 1. The molecule has 1 atom stereocenters. The molecule has 0 fully saturated rings. The molecular weight excluding hydrogens is 434 g/mol. The molecule has 0 radical (unpaired) electrons. The minimum Gasteiger partial charge on any atom is -0.477 e. The standard InChI is InChI=1S/C26H21N3O5/c1-15(28-25(32)18-9-7-17(8-10-18)16-5-3-2-4-6-16)24(31)29-19-11-12-22-20(13-19)23(30)21(14-27-22)26(33)34/h2-15H,1H3,(H,27,30)(H,28,32)(H,29,31)(H,33,34). The van der Waals surface area contributed by atoms with Crippen molar-refractivity contribution in [2.75, 3.05) is 5.32 Å². The SMILES string of the molecule is CC(NC(=O)c1ccc(-c2ccccc2)cc1)C(=O)Nc1ccc2[nH]cc(C(=O)O)c(=O)c2c1. The van der Waals surface area contributed by atoms with Gasteiger partial charge in [-0.3, -0.25) is 14.4 Å². The highest BCUT2D eigenvalue weighted by molar-refractivity contribution is 6.02. The molecular formula is C26H21N3O5. The van der Waals surface area contributed by atoms with E-state index in [-0.39, 0.29) is 5.39 Å². The fourth-order valence-corrected chi connectivity index (χ4v) is 3.50. The third kappa shape index (κ3) is 4.71. The molecule has 0 aliphatic heterocycles. The summed E-state index contributed by atoms with van der Waals surface area (Å²) in [5.41, 5.74) is 2.12. The van der Waals surface area contributed by atoms with Crippen LogP contribution in [-0.2, 0) is 4.79 Å². The number of fused-ring (bicyclic) bond motifs is 1. The van der Waals surface area contributed by atoms with Crippen molar-refractivity contribution in [2.24, 2.45) is 0 Å². The van der Waals surface area contributed by atoms with Gasteiger partial charge in [0.25, 0.3) is 5.91 Å². The van der Waals surface area contributed by atoms with Crippen LogP contribution < -0.4 is 16.1 Å². The Balaban J connectivity index is 1.44. The van der Waals surface area contributed by atoms with Gasteiger partial charge in [0, 0.05) is 28.4 Å². The average Bonchev–Trinajstić information content (AvgIpc) is 2.85. The first-order valence-electron chi connectivity index (χ1n) is 10.5. The Morgan fingerprint density at radius 1 is 0.912 bits per heavy atom. The van der Waals surface area contributed by atoms with Crippen LogP contribution in [0.25, 0.3) is 22.0 Å². The Bertz CT molecular complexity index is 1440. The summed E-state index contributed by atoms with van der Waals surface area (Å²) in [6, 6.07) is 20.5. The van der Waals surface area contributed by atoms with Crippen LogP contribution in [0.4, 0.5) is 5.69 Å². The number of benzene rings is 3. The van der Waals surface area contributed by atoms with E-state index >= 15 is 0 Å². The van der Waals surface area contributed by atoms with Gasteiger partial charge < -0.3 is 20.7 Å². The molecule has 3 aromatic carbocycles. The topological polar surface area (TPSA) is 128 Å². The zero-order valence-corrected chi connectivity index (χ0v) is 18.2. The fourth-order valence-electron chi connectivity index (χ4n) is 3.50. The van der Waals surface area contributed by atoms with Crippen LogP contribution >= 0.6 is 0 Å². The van der Waals surface area contributed by atoms with Crippen LogP contribution in [0.5, 0.6) is 0 Å². The number of carboxylic acids is 1. The number of aromatic nitrogens is 1. The van der Waals surface area contributed by atoms with Gasteiger partial charge in [-0.05, 0) is 48.4 Å². The first-order chi connectivity index (χ1) is 16.3. The Morgan fingerprint density at radius 3 is 2.26 bits per heavy atom. The van der Waals surface area contributed by atoms with Crippen LogP contribution in [0.15, 0.2) is 83.8 Å². The maximum absolute atomic E-state index is 12.6. The molecule has 170 valence electrons. The number of anilines is 1. The monoisotopic (exact) mass is 455 g/mol. The van der Waals surface area contributed by atoms with Crippen LogP contribution in [0.1, 0.15) is 27.6 Å². The molecule has 0 bridgehead atoms. The normalized spacial score (nSPS) is 11.6. The Hall–Kier alpha value is -4.72. The van der Waals surface area contributed by atoms with Crippen molar-refractivity contribution in [3.05, 3.63) is 100 Å². The predicted octanol–water partition coefficient (Wildman–Crippen LogP) is 3.65. The molecule has 34 heavy (non-hydrogen) atoms. The minimum atomic E-state index is -1.34. The van der Waals surface area contributed by atoms with Gasteiger partial charge in [-0.15, -0.1) is 0 Å². The van der Waals surface area contributed by atoms with E-state index in [4.69, 9.17) is 5.11 Å². The summed E-state index contributed by atoms with van der Waals surface area (Å²) >= 11 is 0. The molecule has 4 rings (SSSR count). The van der Waals surface area contributed by atoms with E-state index in [1.54, 1.807) is 31.2 Å². The smallest absolute Gasteiger partial charge is 0.341 e. The van der Waals surface area contributed by atoms with E-state index in [1.165, 1.54) is 6.07 Å². The molecule has 8 nitrogen and oxygen atoms in total. The van der Waals surface area contributed by atoms with Gasteiger partial charge >= 0.3 is 5.97 Å². The van der Waals surface area contributed by atoms with Crippen molar-refractivity contribution in [3.63, 3.8) is 0 Å². The van der Waals surface area contributed by atoms with Gasteiger partial charge in [0.1, 0.15) is 11.6 Å². The third-order valence-corrected chi connectivity index (χ3v) is 5.37. The van der Waals surface area contributed by atoms with Gasteiger partial charge in [0.05, 0.1) is 0 Å². The molecule has 4 N–H and O–H groups in total. The highest BCUT2D eigenvalue weighted by atomic mass is 16.4. The van der Waals surface area contributed by atoms with Crippen molar-refractivity contribution in [1.29, 1.82) is 0 Å². The molecule has 4 aromatic rings. The lowest BCUT2D eigenvalue weighted by atomic mass is 10.0. The van der Waals surface area contributed by atoms with Crippen molar-refractivity contribution in [2.45, 2.75) is 13.0 Å². The van der Waals surface area contributed by atoms with Gasteiger partial charge in [-0.2, -0.15) is 0 Å². The second-order valence-electron chi connectivity index (χ2n) is 7.72.